The summed E-state index contributed by atoms with van der Waals surface area (Å²) >= 11 is 0. The smallest absolute Gasteiger partial charge is 0.274 e. The Hall–Kier alpha value is -4.20. The normalized spacial score (nSPS) is 11.4. The van der Waals surface area contributed by atoms with Crippen LogP contribution in [0.5, 0.6) is 0 Å². The molecule has 0 saturated carbocycles. The van der Waals surface area contributed by atoms with Crippen molar-refractivity contribution in [2.75, 3.05) is 23.3 Å². The summed E-state index contributed by atoms with van der Waals surface area (Å²) in [4.78, 5) is 15.5. The van der Waals surface area contributed by atoms with E-state index >= 15 is 0 Å². The lowest BCUT2D eigenvalue weighted by atomic mass is 10.2. The summed E-state index contributed by atoms with van der Waals surface area (Å²) in [6.07, 6.45) is 3.16. The van der Waals surface area contributed by atoms with Crippen LogP contribution in [0.3, 0.4) is 0 Å². The Morgan fingerprint density at radius 2 is 1.78 bits per heavy atom. The number of nitrogens with one attached hydrogen (secondary N) is 1. The lowest BCUT2D eigenvalue weighted by Crippen LogP contribution is -2.22. The van der Waals surface area contributed by atoms with Crippen molar-refractivity contribution in [2.45, 2.75) is 13.8 Å². The molecule has 8 heteroatoms. The van der Waals surface area contributed by atoms with E-state index < -0.39 is 0 Å². The van der Waals surface area contributed by atoms with E-state index in [2.05, 4.69) is 39.6 Å². The maximum atomic E-state index is 13.3. The number of nitrogens with zero attached hydrogens (tertiary/aromatic N) is 5. The van der Waals surface area contributed by atoms with Crippen LogP contribution in [0.4, 0.5) is 11.4 Å². The topological polar surface area (TPSA) is 89.1 Å². The van der Waals surface area contributed by atoms with Crippen LogP contribution in [0.1, 0.15) is 19.6 Å². The molecule has 0 atom stereocenters. The number of amides is 1. The highest BCUT2D eigenvalue weighted by atomic mass is 16.3. The van der Waals surface area contributed by atoms with Gasteiger partial charge in [0.05, 0.1) is 6.26 Å². The molecule has 0 aliphatic heterocycles. The van der Waals surface area contributed by atoms with Gasteiger partial charge in [0.2, 0.25) is 0 Å². The second-order valence-corrected chi connectivity index (χ2v) is 7.00. The largest absolute Gasteiger partial charge is 0.465 e. The fourth-order valence-electron chi connectivity index (χ4n) is 3.39. The van der Waals surface area contributed by atoms with E-state index in [0.29, 0.717) is 17.3 Å². The predicted octanol–water partition coefficient (Wildman–Crippen LogP) is 4.42. The fourth-order valence-corrected chi connectivity index (χ4v) is 3.39. The van der Waals surface area contributed by atoms with Gasteiger partial charge in [0.15, 0.2) is 5.82 Å². The average molecular weight is 428 g/mol. The van der Waals surface area contributed by atoms with E-state index in [1.807, 2.05) is 54.6 Å². The number of carbonyl (C=O) groups is 1. The maximum absolute atomic E-state index is 13.3. The monoisotopic (exact) mass is 428 g/mol. The van der Waals surface area contributed by atoms with E-state index in [1.54, 1.807) is 24.5 Å². The van der Waals surface area contributed by atoms with Crippen molar-refractivity contribution in [3.05, 3.63) is 78.8 Å². The third-order valence-electron chi connectivity index (χ3n) is 5.04. The Morgan fingerprint density at radius 3 is 2.44 bits per heavy atom. The molecule has 0 fully saturated rings. The van der Waals surface area contributed by atoms with Crippen LogP contribution >= 0.6 is 0 Å². The zero-order valence-corrected chi connectivity index (χ0v) is 18.0. The van der Waals surface area contributed by atoms with Crippen molar-refractivity contribution in [3.63, 3.8) is 0 Å². The molecule has 2 aromatic carbocycles. The summed E-state index contributed by atoms with van der Waals surface area (Å²) < 4.78 is 6.85. The lowest BCUT2D eigenvalue weighted by molar-refractivity contribution is -0.111. The number of carbonyl (C=O) groups excluding carboxylic acids is 1. The number of anilines is 2. The van der Waals surface area contributed by atoms with Gasteiger partial charge in [-0.3, -0.25) is 4.79 Å². The van der Waals surface area contributed by atoms with Gasteiger partial charge < -0.3 is 14.6 Å². The van der Waals surface area contributed by atoms with Crippen molar-refractivity contribution in [3.8, 4) is 11.4 Å². The zero-order valence-electron chi connectivity index (χ0n) is 18.0. The van der Waals surface area contributed by atoms with E-state index in [4.69, 9.17) is 4.42 Å². The zero-order chi connectivity index (χ0) is 22.3. The SMILES string of the molecule is CCN(CC)c1ccc(NC(=O)/C(=C/c2ccco2)n2nnnc2-c2ccccc2)cc1. The summed E-state index contributed by atoms with van der Waals surface area (Å²) in [5.41, 5.74) is 2.80. The highest BCUT2D eigenvalue weighted by Crippen LogP contribution is 2.23. The Labute approximate surface area is 186 Å². The van der Waals surface area contributed by atoms with Gasteiger partial charge in [-0.25, -0.2) is 0 Å². The minimum Gasteiger partial charge on any atom is -0.465 e. The first-order chi connectivity index (χ1) is 15.7. The molecular weight excluding hydrogens is 404 g/mol. The van der Waals surface area contributed by atoms with Crippen LogP contribution in [0, 0.1) is 0 Å². The second kappa shape index (κ2) is 9.74. The van der Waals surface area contributed by atoms with Crippen LogP contribution in [0.2, 0.25) is 0 Å². The van der Waals surface area contributed by atoms with Crippen LogP contribution in [-0.2, 0) is 4.79 Å². The summed E-state index contributed by atoms with van der Waals surface area (Å²) in [5, 5.41) is 14.9. The van der Waals surface area contributed by atoms with Gasteiger partial charge in [-0.2, -0.15) is 4.68 Å². The molecule has 1 amide bonds. The lowest BCUT2D eigenvalue weighted by Gasteiger charge is -2.21. The molecule has 0 spiro atoms. The number of hydrogen-bond donors (Lipinski definition) is 1. The standard InChI is InChI=1S/C24H24N6O2/c1-3-29(4-2)20-14-12-19(13-15-20)25-24(31)22(17-21-11-8-16-32-21)30-23(26-27-28-30)18-9-6-5-7-10-18/h5-17H,3-4H2,1-2H3,(H,25,31)/b22-17-. The Kier molecular flexibility index (Phi) is 6.41. The summed E-state index contributed by atoms with van der Waals surface area (Å²) in [7, 11) is 0. The van der Waals surface area contributed by atoms with E-state index in [0.717, 1.165) is 24.3 Å². The summed E-state index contributed by atoms with van der Waals surface area (Å²) in [5.74, 6) is 0.610. The number of benzene rings is 2. The van der Waals surface area contributed by atoms with Gasteiger partial charge in [0.25, 0.3) is 5.91 Å². The molecule has 8 nitrogen and oxygen atoms in total. The van der Waals surface area contributed by atoms with Crippen molar-refractivity contribution in [2.24, 2.45) is 0 Å². The average Bonchev–Trinajstić information content (AvgIpc) is 3.52. The van der Waals surface area contributed by atoms with Crippen molar-refractivity contribution in [1.82, 2.24) is 20.2 Å². The van der Waals surface area contributed by atoms with E-state index in [9.17, 15) is 4.79 Å². The van der Waals surface area contributed by atoms with Crippen molar-refractivity contribution < 1.29 is 9.21 Å². The van der Waals surface area contributed by atoms with Crippen molar-refractivity contribution in [1.29, 1.82) is 0 Å². The second-order valence-electron chi connectivity index (χ2n) is 7.00. The predicted molar refractivity (Wildman–Crippen MR) is 125 cm³/mol. The van der Waals surface area contributed by atoms with Gasteiger partial charge >= 0.3 is 0 Å². The third-order valence-corrected chi connectivity index (χ3v) is 5.04. The van der Waals surface area contributed by atoms with Gasteiger partial charge in [-0.05, 0) is 60.7 Å². The molecule has 32 heavy (non-hydrogen) atoms. The molecule has 1 N–H and O–H groups in total. The molecule has 162 valence electrons. The first kappa shape index (κ1) is 21.0. The van der Waals surface area contributed by atoms with Gasteiger partial charge in [0, 0.05) is 36.1 Å². The third kappa shape index (κ3) is 4.59. The highest BCUT2D eigenvalue weighted by molar-refractivity contribution is 6.24. The number of furan rings is 1. The maximum Gasteiger partial charge on any atom is 0.274 e. The van der Waals surface area contributed by atoms with Gasteiger partial charge in [-0.1, -0.05) is 30.3 Å². The fraction of sp³-hybridized carbons (Fsp3) is 0.167. The molecule has 2 heterocycles. The molecule has 4 aromatic rings. The number of rotatable bonds is 8. The van der Waals surface area contributed by atoms with Gasteiger partial charge in [0.1, 0.15) is 11.5 Å². The van der Waals surface area contributed by atoms with E-state index in [1.165, 1.54) is 4.68 Å². The number of tetrazole rings is 1. The number of aromatic nitrogens is 4. The van der Waals surface area contributed by atoms with Crippen LogP contribution < -0.4 is 10.2 Å². The molecule has 4 rings (SSSR count). The van der Waals surface area contributed by atoms with Crippen LogP contribution in [-0.4, -0.2) is 39.2 Å². The Morgan fingerprint density at radius 1 is 1.03 bits per heavy atom. The summed E-state index contributed by atoms with van der Waals surface area (Å²) in [6.45, 7) is 6.06. The quantitative estimate of drug-likeness (QED) is 0.418. The molecule has 0 radical (unpaired) electrons. The van der Waals surface area contributed by atoms with Crippen molar-refractivity contribution >= 4 is 29.1 Å². The Bertz CT molecular complexity index is 1180. The minimum absolute atomic E-state index is 0.233. The summed E-state index contributed by atoms with van der Waals surface area (Å²) in [6, 6.07) is 20.7. The Balaban J connectivity index is 1.66. The molecule has 0 bridgehead atoms. The van der Waals surface area contributed by atoms with Crippen LogP contribution in [0.15, 0.2) is 77.4 Å². The molecule has 0 aliphatic carbocycles. The molecular formula is C24H24N6O2. The molecule has 0 unspecified atom stereocenters. The molecule has 0 aliphatic rings. The first-order valence-electron chi connectivity index (χ1n) is 10.4. The first-order valence-corrected chi connectivity index (χ1v) is 10.4. The number of hydrogen-bond acceptors (Lipinski definition) is 6. The molecule has 0 saturated heterocycles. The van der Waals surface area contributed by atoms with Crippen LogP contribution in [0.25, 0.3) is 23.2 Å². The highest BCUT2D eigenvalue weighted by Gasteiger charge is 2.20. The van der Waals surface area contributed by atoms with E-state index in [-0.39, 0.29) is 11.6 Å². The van der Waals surface area contributed by atoms with Gasteiger partial charge in [-0.15, -0.1) is 5.10 Å². The minimum atomic E-state index is -0.360. The molecule has 2 aromatic heterocycles.